The van der Waals surface area contributed by atoms with Gasteiger partial charge in [-0.05, 0) is 30.3 Å². The lowest BCUT2D eigenvalue weighted by Gasteiger charge is -2.05. The van der Waals surface area contributed by atoms with Gasteiger partial charge < -0.3 is 4.74 Å². The second kappa shape index (κ2) is 8.03. The number of hydrogen-bond donors (Lipinski definition) is 0. The van der Waals surface area contributed by atoms with Gasteiger partial charge in [-0.25, -0.2) is 4.79 Å². The number of pyridine rings is 1. The van der Waals surface area contributed by atoms with Crippen LogP contribution in [0.5, 0.6) is 0 Å². The summed E-state index contributed by atoms with van der Waals surface area (Å²) in [5, 5.41) is 0. The molecule has 0 saturated heterocycles. The van der Waals surface area contributed by atoms with Crippen LogP contribution in [-0.2, 0) is 15.7 Å². The van der Waals surface area contributed by atoms with Gasteiger partial charge in [0.1, 0.15) is 6.01 Å². The fraction of sp³-hybridized carbons (Fsp3) is 0.118. The van der Waals surface area contributed by atoms with Crippen molar-refractivity contribution in [2.75, 3.05) is 7.11 Å². The quantitative estimate of drug-likeness (QED) is 0.467. The largest absolute Gasteiger partial charge is 0.466 e. The molecule has 0 N–H and O–H groups in total. The molecule has 0 aliphatic carbocycles. The van der Waals surface area contributed by atoms with Crippen molar-refractivity contribution in [2.45, 2.75) is 6.18 Å². The summed E-state index contributed by atoms with van der Waals surface area (Å²) in [6, 6.07) is 8.40. The third kappa shape index (κ3) is 5.40. The van der Waals surface area contributed by atoms with Gasteiger partial charge in [0, 0.05) is 24.0 Å². The molecule has 0 atom stereocenters. The minimum absolute atomic E-state index is 0.0688. The predicted octanol–water partition coefficient (Wildman–Crippen LogP) is 4.42. The molecule has 0 saturated carbocycles. The number of rotatable bonds is 4. The summed E-state index contributed by atoms with van der Waals surface area (Å²) in [7, 11) is 1.25. The molecule has 1 heterocycles. The Hall–Kier alpha value is -3.25. The molecule has 0 aliphatic heterocycles. The van der Waals surface area contributed by atoms with Crippen LogP contribution in [0.15, 0.2) is 58.8 Å². The van der Waals surface area contributed by atoms with Gasteiger partial charge in [-0.2, -0.15) is 23.2 Å². The normalized spacial score (nSPS) is 11.0. The van der Waals surface area contributed by atoms with Crippen molar-refractivity contribution in [1.29, 1.82) is 0 Å². The third-order valence-electron chi connectivity index (χ3n) is 2.95. The van der Waals surface area contributed by atoms with Gasteiger partial charge in [-0.1, -0.05) is 6.07 Å². The number of ether oxygens (including phenoxy) is 1. The summed E-state index contributed by atoms with van der Waals surface area (Å²) in [6.07, 6.45) is 1.13. The Morgan fingerprint density at radius 3 is 2.80 bits per heavy atom. The van der Waals surface area contributed by atoms with Gasteiger partial charge in [0.2, 0.25) is 0 Å². The van der Waals surface area contributed by atoms with Crippen molar-refractivity contribution in [2.24, 2.45) is 9.98 Å². The Morgan fingerprint density at radius 2 is 2.08 bits per heavy atom. The third-order valence-corrected chi connectivity index (χ3v) is 2.95. The van der Waals surface area contributed by atoms with Gasteiger partial charge in [0.15, 0.2) is 0 Å². The van der Waals surface area contributed by atoms with E-state index in [2.05, 4.69) is 25.7 Å². The lowest BCUT2D eigenvalue weighted by atomic mass is 10.2. The summed E-state index contributed by atoms with van der Waals surface area (Å²) in [5.74, 6) is -0.545. The molecule has 8 heteroatoms. The van der Waals surface area contributed by atoms with Gasteiger partial charge in [0.25, 0.3) is 0 Å². The van der Waals surface area contributed by atoms with E-state index in [9.17, 15) is 18.0 Å². The van der Waals surface area contributed by atoms with Gasteiger partial charge >= 0.3 is 12.1 Å². The van der Waals surface area contributed by atoms with E-state index in [4.69, 9.17) is 0 Å². The number of esters is 1. The molecule has 0 unspecified atom stereocenters. The fourth-order valence-electron chi connectivity index (χ4n) is 1.74. The van der Waals surface area contributed by atoms with E-state index >= 15 is 0 Å². The molecule has 5 nitrogen and oxygen atoms in total. The Bertz CT molecular complexity index is 854. The highest BCUT2D eigenvalue weighted by atomic mass is 19.4. The molecule has 0 aliphatic rings. The fourth-order valence-corrected chi connectivity index (χ4v) is 1.74. The number of nitrogens with zero attached hydrogens (tertiary/aromatic N) is 3. The summed E-state index contributed by atoms with van der Waals surface area (Å²) in [6.45, 7) is 0. The number of benzene rings is 1. The summed E-state index contributed by atoms with van der Waals surface area (Å²) >= 11 is 0. The second-order valence-electron chi connectivity index (χ2n) is 4.66. The van der Waals surface area contributed by atoms with Crippen molar-refractivity contribution in [1.82, 2.24) is 4.98 Å². The molecule has 2 rings (SSSR count). The van der Waals surface area contributed by atoms with E-state index in [0.717, 1.165) is 12.1 Å². The number of hydrogen-bond acceptors (Lipinski definition) is 5. The maximum absolute atomic E-state index is 12.6. The maximum Gasteiger partial charge on any atom is 0.416 e. The zero-order chi connectivity index (χ0) is 18.3. The first kappa shape index (κ1) is 18.1. The lowest BCUT2D eigenvalue weighted by molar-refractivity contribution is -0.137. The highest BCUT2D eigenvalue weighted by Gasteiger charge is 2.30. The first-order valence-electron chi connectivity index (χ1n) is 6.94. The highest BCUT2D eigenvalue weighted by molar-refractivity contribution is 5.88. The van der Waals surface area contributed by atoms with Crippen LogP contribution in [0.4, 0.5) is 24.5 Å². The molecule has 0 bridgehead atoms. The highest BCUT2D eigenvalue weighted by Crippen LogP contribution is 2.31. The zero-order valence-electron chi connectivity index (χ0n) is 13.0. The number of aliphatic imine (C=N–C) groups is 2. The second-order valence-corrected chi connectivity index (χ2v) is 4.66. The van der Waals surface area contributed by atoms with Crippen molar-refractivity contribution in [3.8, 4) is 0 Å². The predicted molar refractivity (Wildman–Crippen MR) is 85.9 cm³/mol. The Kier molecular flexibility index (Phi) is 5.81. The summed E-state index contributed by atoms with van der Waals surface area (Å²) in [4.78, 5) is 22.8. The van der Waals surface area contributed by atoms with Crippen LogP contribution in [0.25, 0.3) is 6.08 Å². The molecule has 2 aromatic rings. The Morgan fingerprint density at radius 1 is 1.28 bits per heavy atom. The van der Waals surface area contributed by atoms with Crippen LogP contribution in [-0.4, -0.2) is 24.1 Å². The SMILES string of the molecule is COC(=O)/C=C/c1cnccc1N=C=Nc1cccc(C(F)(F)F)c1. The lowest BCUT2D eigenvalue weighted by Crippen LogP contribution is -2.03. The van der Waals surface area contributed by atoms with E-state index < -0.39 is 17.7 Å². The van der Waals surface area contributed by atoms with E-state index in [-0.39, 0.29) is 5.69 Å². The number of halogens is 3. The molecule has 0 fully saturated rings. The average Bonchev–Trinajstić information content (AvgIpc) is 2.60. The topological polar surface area (TPSA) is 63.9 Å². The van der Waals surface area contributed by atoms with Gasteiger partial charge in [-0.15, -0.1) is 0 Å². The molecule has 0 spiro atoms. The standard InChI is InChI=1S/C17H12F3N3O2/c1-25-16(24)6-5-12-10-21-8-7-15(12)23-11-22-14-4-2-3-13(9-14)17(18,19)20/h2-10H,1H3/b6-5+. The molecule has 1 aromatic heterocycles. The molecule has 0 amide bonds. The van der Waals surface area contributed by atoms with Crippen molar-refractivity contribution in [3.63, 3.8) is 0 Å². The number of carbonyl (C=O) groups excluding carboxylic acids is 1. The van der Waals surface area contributed by atoms with E-state index in [0.29, 0.717) is 11.3 Å². The average molecular weight is 347 g/mol. The number of carbonyl (C=O) groups is 1. The Labute approximate surface area is 141 Å². The van der Waals surface area contributed by atoms with Crippen LogP contribution < -0.4 is 0 Å². The monoisotopic (exact) mass is 347 g/mol. The maximum atomic E-state index is 12.6. The minimum Gasteiger partial charge on any atom is -0.466 e. The first-order chi connectivity index (χ1) is 11.9. The number of methoxy groups -OCH3 is 1. The van der Waals surface area contributed by atoms with Crippen LogP contribution in [0.2, 0.25) is 0 Å². The zero-order valence-corrected chi connectivity index (χ0v) is 13.0. The van der Waals surface area contributed by atoms with Crippen LogP contribution >= 0.6 is 0 Å². The van der Waals surface area contributed by atoms with Crippen molar-refractivity contribution in [3.05, 3.63) is 59.9 Å². The first-order valence-corrected chi connectivity index (χ1v) is 6.94. The summed E-state index contributed by atoms with van der Waals surface area (Å²) in [5.41, 5.74) is 0.158. The number of aromatic nitrogens is 1. The summed E-state index contributed by atoms with van der Waals surface area (Å²) < 4.78 is 42.4. The van der Waals surface area contributed by atoms with E-state index in [1.165, 1.54) is 43.8 Å². The smallest absolute Gasteiger partial charge is 0.416 e. The molecule has 25 heavy (non-hydrogen) atoms. The van der Waals surface area contributed by atoms with Crippen LogP contribution in [0.1, 0.15) is 11.1 Å². The van der Waals surface area contributed by atoms with Crippen LogP contribution in [0, 0.1) is 0 Å². The van der Waals surface area contributed by atoms with Crippen LogP contribution in [0.3, 0.4) is 0 Å². The van der Waals surface area contributed by atoms with Gasteiger partial charge in [0.05, 0.1) is 24.0 Å². The van der Waals surface area contributed by atoms with Crippen molar-refractivity contribution < 1.29 is 22.7 Å². The molecular formula is C17H12F3N3O2. The molecule has 128 valence electrons. The molecular weight excluding hydrogens is 335 g/mol. The van der Waals surface area contributed by atoms with Crippen molar-refractivity contribution >= 4 is 29.4 Å². The molecule has 0 radical (unpaired) electrons. The minimum atomic E-state index is -4.44. The number of alkyl halides is 3. The van der Waals surface area contributed by atoms with Gasteiger partial charge in [-0.3, -0.25) is 4.98 Å². The Balaban J connectivity index is 2.26. The van der Waals surface area contributed by atoms with E-state index in [1.807, 2.05) is 0 Å². The molecule has 1 aromatic carbocycles. The van der Waals surface area contributed by atoms with E-state index in [1.54, 1.807) is 6.07 Å².